The molecular weight excluding hydrogens is 338 g/mol. The third-order valence-corrected chi connectivity index (χ3v) is 3.79. The number of carbonyl (C=O) groups excluding carboxylic acids is 1. The Balaban J connectivity index is 1.90. The summed E-state index contributed by atoms with van der Waals surface area (Å²) in [4.78, 5) is 35.9. The number of aromatic amines is 1. The van der Waals surface area contributed by atoms with Crippen LogP contribution in [-0.2, 0) is 16.0 Å². The molecule has 9 heteroatoms. The molecule has 1 aromatic heterocycles. The maximum atomic E-state index is 12.6. The maximum Gasteiger partial charge on any atom is 0.323 e. The predicted octanol–water partition coefficient (Wildman–Crippen LogP) is 0.351. The van der Waals surface area contributed by atoms with Crippen LogP contribution in [0.5, 0.6) is 5.75 Å². The minimum absolute atomic E-state index is 0.0898. The number of hydrogen-bond donors (Lipinski definition) is 4. The summed E-state index contributed by atoms with van der Waals surface area (Å²) < 4.78 is 0. The van der Waals surface area contributed by atoms with Crippen molar-refractivity contribution in [2.75, 3.05) is 6.54 Å². The summed E-state index contributed by atoms with van der Waals surface area (Å²) in [6, 6.07) is 5.53. The first-order valence-corrected chi connectivity index (χ1v) is 7.80. The zero-order valence-corrected chi connectivity index (χ0v) is 13.7. The van der Waals surface area contributed by atoms with Crippen molar-refractivity contribution in [2.24, 2.45) is 10.7 Å². The predicted molar refractivity (Wildman–Crippen MR) is 93.1 cm³/mol. The van der Waals surface area contributed by atoms with E-state index in [1.807, 2.05) is 0 Å². The van der Waals surface area contributed by atoms with Crippen LogP contribution in [0, 0.1) is 0 Å². The van der Waals surface area contributed by atoms with E-state index in [1.54, 1.807) is 18.3 Å². The van der Waals surface area contributed by atoms with Gasteiger partial charge in [-0.2, -0.15) is 0 Å². The molecule has 1 aromatic carbocycles. The number of benzene rings is 1. The monoisotopic (exact) mass is 355 g/mol. The summed E-state index contributed by atoms with van der Waals surface area (Å²) >= 11 is 0. The second-order valence-electron chi connectivity index (χ2n) is 5.76. The largest absolute Gasteiger partial charge is 0.508 e. The summed E-state index contributed by atoms with van der Waals surface area (Å²) in [6.07, 6.45) is 4.96. The standard InChI is InChI=1S/C17H17N5O4/c18-13(6-11-7-19-9-20-11)16-21-14(17(26)22(16)8-15(24)25)5-10-1-3-12(23)4-2-10/h1-5,7,9,13,23H,6,8,18H2,(H,19,20)(H,24,25)/b14-5-/t13-/m0/s1. The molecule has 3 rings (SSSR count). The van der Waals surface area contributed by atoms with E-state index in [0.717, 1.165) is 10.6 Å². The van der Waals surface area contributed by atoms with Crippen LogP contribution in [-0.4, -0.2) is 55.4 Å². The maximum absolute atomic E-state index is 12.6. The van der Waals surface area contributed by atoms with Crippen LogP contribution >= 0.6 is 0 Å². The molecule has 9 nitrogen and oxygen atoms in total. The Hall–Kier alpha value is -3.46. The second-order valence-corrected chi connectivity index (χ2v) is 5.76. The Morgan fingerprint density at radius 2 is 2.08 bits per heavy atom. The zero-order chi connectivity index (χ0) is 18.7. The number of aliphatic imine (C=N–C) groups is 1. The van der Waals surface area contributed by atoms with Gasteiger partial charge in [0.25, 0.3) is 5.91 Å². The van der Waals surface area contributed by atoms with Gasteiger partial charge in [0, 0.05) is 18.3 Å². The van der Waals surface area contributed by atoms with Crippen LogP contribution < -0.4 is 5.73 Å². The van der Waals surface area contributed by atoms with Crippen molar-refractivity contribution in [1.29, 1.82) is 0 Å². The van der Waals surface area contributed by atoms with Gasteiger partial charge >= 0.3 is 5.97 Å². The Morgan fingerprint density at radius 1 is 1.35 bits per heavy atom. The van der Waals surface area contributed by atoms with Gasteiger partial charge in [-0.15, -0.1) is 0 Å². The number of amides is 1. The van der Waals surface area contributed by atoms with E-state index in [-0.39, 0.29) is 17.3 Å². The quantitative estimate of drug-likeness (QED) is 0.550. The number of aliphatic carboxylic acids is 1. The van der Waals surface area contributed by atoms with Gasteiger partial charge in [0.1, 0.15) is 23.8 Å². The zero-order valence-electron chi connectivity index (χ0n) is 13.7. The van der Waals surface area contributed by atoms with Gasteiger partial charge in [-0.3, -0.25) is 14.5 Å². The molecule has 0 unspecified atom stereocenters. The van der Waals surface area contributed by atoms with E-state index in [2.05, 4.69) is 15.0 Å². The lowest BCUT2D eigenvalue weighted by Gasteiger charge is -2.20. The molecule has 1 aliphatic rings. The first kappa shape index (κ1) is 17.4. The Bertz CT molecular complexity index is 871. The molecule has 1 amide bonds. The second kappa shape index (κ2) is 7.19. The van der Waals surface area contributed by atoms with E-state index in [9.17, 15) is 14.7 Å². The van der Waals surface area contributed by atoms with E-state index in [1.165, 1.54) is 24.5 Å². The Labute approximate surface area is 148 Å². The van der Waals surface area contributed by atoms with Gasteiger partial charge in [0.05, 0.1) is 12.4 Å². The number of nitrogens with one attached hydrogen (secondary N) is 1. The number of carboxylic acids is 1. The molecule has 2 heterocycles. The van der Waals surface area contributed by atoms with Gasteiger partial charge < -0.3 is 20.9 Å². The molecule has 0 fully saturated rings. The summed E-state index contributed by atoms with van der Waals surface area (Å²) in [7, 11) is 0. The third kappa shape index (κ3) is 3.78. The number of carboxylic acid groups (broad SMARTS) is 1. The van der Waals surface area contributed by atoms with Crippen LogP contribution in [0.25, 0.3) is 6.08 Å². The number of amidine groups is 1. The summed E-state index contributed by atoms with van der Waals surface area (Å²) in [5, 5.41) is 18.4. The smallest absolute Gasteiger partial charge is 0.323 e. The molecule has 2 aromatic rings. The van der Waals surface area contributed by atoms with E-state index in [0.29, 0.717) is 12.0 Å². The topological polar surface area (TPSA) is 145 Å². The molecule has 0 bridgehead atoms. The number of aromatic hydroxyl groups is 1. The van der Waals surface area contributed by atoms with Crippen molar-refractivity contribution in [2.45, 2.75) is 12.5 Å². The molecule has 0 aliphatic carbocycles. The molecule has 0 spiro atoms. The van der Waals surface area contributed by atoms with Crippen molar-refractivity contribution in [3.63, 3.8) is 0 Å². The average molecular weight is 355 g/mol. The van der Waals surface area contributed by atoms with Gasteiger partial charge in [0.15, 0.2) is 0 Å². The number of phenolic OH excluding ortho intramolecular Hbond substituents is 1. The molecule has 1 atom stereocenters. The fourth-order valence-corrected chi connectivity index (χ4v) is 2.59. The van der Waals surface area contributed by atoms with Gasteiger partial charge in [-0.1, -0.05) is 12.1 Å². The summed E-state index contributed by atoms with van der Waals surface area (Å²) in [5.74, 6) is -1.40. The van der Waals surface area contributed by atoms with Crippen LogP contribution in [0.3, 0.4) is 0 Å². The first-order chi connectivity index (χ1) is 12.4. The molecular formula is C17H17N5O4. The number of phenols is 1. The van der Waals surface area contributed by atoms with Crippen molar-refractivity contribution in [3.8, 4) is 5.75 Å². The summed E-state index contributed by atoms with van der Waals surface area (Å²) in [6.45, 7) is -0.527. The Morgan fingerprint density at radius 3 is 2.69 bits per heavy atom. The molecule has 26 heavy (non-hydrogen) atoms. The van der Waals surface area contributed by atoms with Gasteiger partial charge in [-0.25, -0.2) is 9.98 Å². The lowest BCUT2D eigenvalue weighted by molar-refractivity contribution is -0.140. The number of rotatable bonds is 6. The lowest BCUT2D eigenvalue weighted by atomic mass is 10.1. The van der Waals surface area contributed by atoms with Crippen LogP contribution in [0.1, 0.15) is 11.3 Å². The number of imidazole rings is 1. The van der Waals surface area contributed by atoms with Crippen molar-refractivity contribution in [3.05, 3.63) is 53.7 Å². The summed E-state index contributed by atoms with van der Waals surface area (Å²) in [5.41, 5.74) is 7.63. The SMILES string of the molecule is N[C@@H](Cc1cnc[nH]1)C1=N/C(=C\c2ccc(O)cc2)C(=O)N1CC(=O)O. The number of carbonyl (C=O) groups is 2. The van der Waals surface area contributed by atoms with Gasteiger partial charge in [0.2, 0.25) is 0 Å². The van der Waals surface area contributed by atoms with Crippen molar-refractivity contribution in [1.82, 2.24) is 14.9 Å². The highest BCUT2D eigenvalue weighted by molar-refractivity contribution is 6.16. The Kier molecular flexibility index (Phi) is 4.81. The van der Waals surface area contributed by atoms with Crippen molar-refractivity contribution >= 4 is 23.8 Å². The van der Waals surface area contributed by atoms with Crippen LogP contribution in [0.15, 0.2) is 47.5 Å². The minimum Gasteiger partial charge on any atom is -0.508 e. The highest BCUT2D eigenvalue weighted by atomic mass is 16.4. The fraction of sp³-hybridized carbons (Fsp3) is 0.176. The number of nitrogens with zero attached hydrogens (tertiary/aromatic N) is 3. The third-order valence-electron chi connectivity index (χ3n) is 3.79. The molecule has 0 saturated carbocycles. The van der Waals surface area contributed by atoms with E-state index < -0.39 is 24.5 Å². The highest BCUT2D eigenvalue weighted by Gasteiger charge is 2.34. The van der Waals surface area contributed by atoms with E-state index in [4.69, 9.17) is 10.8 Å². The fourth-order valence-electron chi connectivity index (χ4n) is 2.59. The van der Waals surface area contributed by atoms with Gasteiger partial charge in [-0.05, 0) is 23.8 Å². The molecule has 0 radical (unpaired) electrons. The van der Waals surface area contributed by atoms with E-state index >= 15 is 0 Å². The van der Waals surface area contributed by atoms with Crippen LogP contribution in [0.2, 0.25) is 0 Å². The molecule has 134 valence electrons. The number of H-pyrrole nitrogens is 1. The normalized spacial score (nSPS) is 16.8. The molecule has 0 saturated heterocycles. The number of nitrogens with two attached hydrogens (primary N) is 1. The molecule has 5 N–H and O–H groups in total. The highest BCUT2D eigenvalue weighted by Crippen LogP contribution is 2.21. The molecule has 1 aliphatic heterocycles. The average Bonchev–Trinajstić information content (AvgIpc) is 3.20. The number of aromatic nitrogens is 2. The first-order valence-electron chi connectivity index (χ1n) is 7.80. The minimum atomic E-state index is -1.16. The van der Waals surface area contributed by atoms with Crippen LogP contribution in [0.4, 0.5) is 0 Å². The number of hydrogen-bond acceptors (Lipinski definition) is 6. The van der Waals surface area contributed by atoms with Crippen molar-refractivity contribution < 1.29 is 19.8 Å². The lowest BCUT2D eigenvalue weighted by Crippen LogP contribution is -2.46.